The van der Waals surface area contributed by atoms with Crippen molar-refractivity contribution in [1.82, 2.24) is 9.55 Å². The first-order chi connectivity index (χ1) is 14.1. The zero-order valence-corrected chi connectivity index (χ0v) is 16.9. The maximum atomic E-state index is 13.0. The molecule has 3 aromatic carbocycles. The number of benzene rings is 3. The average Bonchev–Trinajstić information content (AvgIpc) is 3.03. The average molecular weight is 384 g/mol. The van der Waals surface area contributed by atoms with Gasteiger partial charge < -0.3 is 9.30 Å². The van der Waals surface area contributed by atoms with Crippen molar-refractivity contribution in [1.29, 1.82) is 0 Å². The number of nitrogens with zero attached hydrogens (tertiary/aromatic N) is 2. The Bertz CT molecular complexity index is 1160. The molecular formula is C25H24N2O2. The molecule has 1 unspecified atom stereocenters. The monoisotopic (exact) mass is 384 g/mol. The van der Waals surface area contributed by atoms with E-state index in [1.807, 2.05) is 62.4 Å². The molecule has 0 aliphatic rings. The highest BCUT2D eigenvalue weighted by molar-refractivity contribution is 5.92. The van der Waals surface area contributed by atoms with Crippen LogP contribution in [0.4, 0.5) is 0 Å². The predicted octanol–water partition coefficient (Wildman–Crippen LogP) is 5.01. The second-order valence-corrected chi connectivity index (χ2v) is 7.24. The van der Waals surface area contributed by atoms with Gasteiger partial charge in [0.1, 0.15) is 11.7 Å². The van der Waals surface area contributed by atoms with Gasteiger partial charge in [-0.15, -0.1) is 0 Å². The summed E-state index contributed by atoms with van der Waals surface area (Å²) in [6.07, 6.45) is 0. The standard InChI is InChI=1S/C25H24N2O2/c1-17-18(2)27(16-19-10-5-4-6-11-19)24(26-17)23(25(28)29-3)22-15-9-13-20-12-7-8-14-21(20)22/h4-15,23H,16H2,1-3H3. The van der Waals surface area contributed by atoms with Gasteiger partial charge in [-0.1, -0.05) is 72.8 Å². The lowest BCUT2D eigenvalue weighted by Crippen LogP contribution is -2.21. The van der Waals surface area contributed by atoms with E-state index in [1.165, 1.54) is 7.11 Å². The molecule has 1 heterocycles. The molecule has 4 aromatic rings. The van der Waals surface area contributed by atoms with Crippen molar-refractivity contribution in [2.75, 3.05) is 7.11 Å². The van der Waals surface area contributed by atoms with E-state index in [0.717, 1.165) is 33.3 Å². The molecule has 0 amide bonds. The third-order valence-electron chi connectivity index (χ3n) is 5.50. The minimum absolute atomic E-state index is 0.305. The minimum Gasteiger partial charge on any atom is -0.468 e. The number of imidazole rings is 1. The van der Waals surface area contributed by atoms with Crippen LogP contribution in [0.5, 0.6) is 0 Å². The predicted molar refractivity (Wildman–Crippen MR) is 115 cm³/mol. The van der Waals surface area contributed by atoms with E-state index in [4.69, 9.17) is 9.72 Å². The van der Waals surface area contributed by atoms with Gasteiger partial charge in [-0.2, -0.15) is 0 Å². The topological polar surface area (TPSA) is 44.1 Å². The molecule has 0 aliphatic carbocycles. The Kier molecular flexibility index (Phi) is 5.17. The quantitative estimate of drug-likeness (QED) is 0.455. The summed E-state index contributed by atoms with van der Waals surface area (Å²) in [6.45, 7) is 4.69. The van der Waals surface area contributed by atoms with Crippen molar-refractivity contribution >= 4 is 16.7 Å². The molecule has 1 aromatic heterocycles. The summed E-state index contributed by atoms with van der Waals surface area (Å²) < 4.78 is 7.37. The second-order valence-electron chi connectivity index (χ2n) is 7.24. The molecule has 4 heteroatoms. The summed E-state index contributed by atoms with van der Waals surface area (Å²) in [5.41, 5.74) is 4.05. The number of aromatic nitrogens is 2. The molecule has 4 nitrogen and oxygen atoms in total. The molecule has 0 bridgehead atoms. The number of methoxy groups -OCH3 is 1. The molecule has 146 valence electrons. The first-order valence-corrected chi connectivity index (χ1v) is 9.73. The van der Waals surface area contributed by atoms with Crippen LogP contribution in [0.2, 0.25) is 0 Å². The molecule has 0 fully saturated rings. The Morgan fingerprint density at radius 3 is 2.41 bits per heavy atom. The van der Waals surface area contributed by atoms with Crippen LogP contribution in [0.3, 0.4) is 0 Å². The number of aryl methyl sites for hydroxylation is 1. The van der Waals surface area contributed by atoms with Crippen LogP contribution in [-0.4, -0.2) is 22.6 Å². The van der Waals surface area contributed by atoms with Gasteiger partial charge in [0.15, 0.2) is 0 Å². The fourth-order valence-electron chi connectivity index (χ4n) is 3.86. The van der Waals surface area contributed by atoms with Crippen LogP contribution in [0.25, 0.3) is 10.8 Å². The molecule has 0 saturated carbocycles. The van der Waals surface area contributed by atoms with Crippen LogP contribution in [0.15, 0.2) is 72.8 Å². The SMILES string of the molecule is COC(=O)C(c1cccc2ccccc12)c1nc(C)c(C)n1Cc1ccccc1. The van der Waals surface area contributed by atoms with Crippen molar-refractivity contribution < 1.29 is 9.53 Å². The van der Waals surface area contributed by atoms with E-state index in [9.17, 15) is 4.79 Å². The number of carbonyl (C=O) groups is 1. The number of fused-ring (bicyclic) bond motifs is 1. The maximum Gasteiger partial charge on any atom is 0.320 e. The molecule has 1 atom stereocenters. The zero-order valence-electron chi connectivity index (χ0n) is 16.9. The van der Waals surface area contributed by atoms with Crippen molar-refractivity contribution in [3.05, 3.63) is 101 Å². The third-order valence-corrected chi connectivity index (χ3v) is 5.50. The number of rotatable bonds is 5. The summed E-state index contributed by atoms with van der Waals surface area (Å²) in [7, 11) is 1.44. The van der Waals surface area contributed by atoms with Crippen LogP contribution in [0, 0.1) is 13.8 Å². The van der Waals surface area contributed by atoms with Crippen LogP contribution >= 0.6 is 0 Å². The molecule has 29 heavy (non-hydrogen) atoms. The Labute approximate surface area is 170 Å². The lowest BCUT2D eigenvalue weighted by molar-refractivity contribution is -0.141. The number of esters is 1. The fraction of sp³-hybridized carbons (Fsp3) is 0.200. The summed E-state index contributed by atoms with van der Waals surface area (Å²) in [5.74, 6) is -0.185. The second kappa shape index (κ2) is 7.92. The Hall–Kier alpha value is -3.40. The lowest BCUT2D eigenvalue weighted by Gasteiger charge is -2.19. The molecule has 0 N–H and O–H groups in total. The zero-order chi connectivity index (χ0) is 20.4. The van der Waals surface area contributed by atoms with Gasteiger partial charge in [-0.3, -0.25) is 4.79 Å². The molecule has 4 rings (SSSR count). The van der Waals surface area contributed by atoms with Crippen molar-refractivity contribution in [2.45, 2.75) is 26.3 Å². The number of carbonyl (C=O) groups excluding carboxylic acids is 1. The Morgan fingerprint density at radius 1 is 0.966 bits per heavy atom. The van der Waals surface area contributed by atoms with Gasteiger partial charge >= 0.3 is 5.97 Å². The first kappa shape index (κ1) is 18.9. The Balaban J connectivity index is 1.91. The minimum atomic E-state index is -0.595. The highest BCUT2D eigenvalue weighted by atomic mass is 16.5. The number of hydrogen-bond donors (Lipinski definition) is 0. The number of hydrogen-bond acceptors (Lipinski definition) is 3. The van der Waals surface area contributed by atoms with E-state index in [2.05, 4.69) is 28.8 Å². The summed E-state index contributed by atoms with van der Waals surface area (Å²) in [4.78, 5) is 17.8. The van der Waals surface area contributed by atoms with E-state index >= 15 is 0 Å². The molecule has 0 saturated heterocycles. The Morgan fingerprint density at radius 2 is 1.66 bits per heavy atom. The van der Waals surface area contributed by atoms with Crippen LogP contribution in [0.1, 0.15) is 34.3 Å². The maximum absolute atomic E-state index is 13.0. The smallest absolute Gasteiger partial charge is 0.320 e. The summed E-state index contributed by atoms with van der Waals surface area (Å²) in [5, 5.41) is 2.13. The van der Waals surface area contributed by atoms with Gasteiger partial charge in [0.05, 0.1) is 12.8 Å². The molecule has 0 aliphatic heterocycles. The molecule has 0 spiro atoms. The van der Waals surface area contributed by atoms with Gasteiger partial charge in [0, 0.05) is 12.2 Å². The normalized spacial score (nSPS) is 12.1. The molecular weight excluding hydrogens is 360 g/mol. The van der Waals surface area contributed by atoms with Crippen molar-refractivity contribution in [2.24, 2.45) is 0 Å². The first-order valence-electron chi connectivity index (χ1n) is 9.73. The third kappa shape index (κ3) is 3.54. The van der Waals surface area contributed by atoms with E-state index in [1.54, 1.807) is 0 Å². The van der Waals surface area contributed by atoms with E-state index < -0.39 is 5.92 Å². The number of ether oxygens (including phenoxy) is 1. The summed E-state index contributed by atoms with van der Waals surface area (Å²) in [6, 6.07) is 24.4. The van der Waals surface area contributed by atoms with E-state index in [0.29, 0.717) is 12.4 Å². The molecule has 0 radical (unpaired) electrons. The van der Waals surface area contributed by atoms with Gasteiger partial charge in [0.2, 0.25) is 0 Å². The van der Waals surface area contributed by atoms with Gasteiger partial charge in [-0.05, 0) is 35.7 Å². The largest absolute Gasteiger partial charge is 0.468 e. The van der Waals surface area contributed by atoms with Gasteiger partial charge in [0.25, 0.3) is 0 Å². The van der Waals surface area contributed by atoms with Gasteiger partial charge in [-0.25, -0.2) is 4.98 Å². The van der Waals surface area contributed by atoms with Crippen LogP contribution in [-0.2, 0) is 16.1 Å². The highest BCUT2D eigenvalue weighted by Crippen LogP contribution is 2.33. The van der Waals surface area contributed by atoms with Crippen molar-refractivity contribution in [3.8, 4) is 0 Å². The highest BCUT2D eigenvalue weighted by Gasteiger charge is 2.31. The fourth-order valence-corrected chi connectivity index (χ4v) is 3.86. The summed E-state index contributed by atoms with van der Waals surface area (Å²) >= 11 is 0. The van der Waals surface area contributed by atoms with E-state index in [-0.39, 0.29) is 5.97 Å². The van der Waals surface area contributed by atoms with Crippen LogP contribution < -0.4 is 0 Å². The van der Waals surface area contributed by atoms with Crippen molar-refractivity contribution in [3.63, 3.8) is 0 Å². The lowest BCUT2D eigenvalue weighted by atomic mass is 9.92.